The largest absolute Gasteiger partial charge is 0.349 e. The number of unbranched alkanes of at least 4 members (excludes halogenated alkanes) is 1. The van der Waals surface area contributed by atoms with Crippen LogP contribution >= 0.6 is 0 Å². The van der Waals surface area contributed by atoms with E-state index in [9.17, 15) is 9.59 Å². The molecule has 0 aliphatic heterocycles. The van der Waals surface area contributed by atoms with Crippen LogP contribution in [0.2, 0.25) is 0 Å². The lowest BCUT2D eigenvalue weighted by Crippen LogP contribution is -2.35. The first-order valence-corrected chi connectivity index (χ1v) is 7.57. The van der Waals surface area contributed by atoms with Crippen molar-refractivity contribution in [2.75, 3.05) is 5.32 Å². The van der Waals surface area contributed by atoms with Crippen molar-refractivity contribution >= 4 is 17.5 Å². The third-order valence-electron chi connectivity index (χ3n) is 3.51. The summed E-state index contributed by atoms with van der Waals surface area (Å²) in [5.41, 5.74) is 7.00. The Morgan fingerprint density at radius 1 is 1.38 bits per heavy atom. The highest BCUT2D eigenvalue weighted by Gasteiger charge is 2.23. The molecule has 2 amide bonds. The van der Waals surface area contributed by atoms with E-state index < -0.39 is 6.04 Å². The fourth-order valence-electron chi connectivity index (χ4n) is 2.02. The lowest BCUT2D eigenvalue weighted by molar-refractivity contribution is -0.117. The molecule has 2 rings (SSSR count). The molecule has 21 heavy (non-hydrogen) atoms. The number of anilines is 1. The van der Waals surface area contributed by atoms with E-state index in [1.807, 2.05) is 0 Å². The van der Waals surface area contributed by atoms with Crippen LogP contribution < -0.4 is 16.4 Å². The van der Waals surface area contributed by atoms with E-state index in [0.29, 0.717) is 23.7 Å². The van der Waals surface area contributed by atoms with Gasteiger partial charge in [-0.2, -0.15) is 0 Å². The molecule has 1 unspecified atom stereocenters. The van der Waals surface area contributed by atoms with Gasteiger partial charge < -0.3 is 16.4 Å². The molecular formula is C16H23N3O2. The molecule has 4 N–H and O–H groups in total. The molecule has 0 spiro atoms. The fraction of sp³-hybridized carbons (Fsp3) is 0.500. The maximum Gasteiger partial charge on any atom is 0.251 e. The number of benzene rings is 1. The van der Waals surface area contributed by atoms with Gasteiger partial charge in [-0.15, -0.1) is 0 Å². The molecule has 1 saturated carbocycles. The molecule has 5 nitrogen and oxygen atoms in total. The predicted molar refractivity (Wildman–Crippen MR) is 83.1 cm³/mol. The van der Waals surface area contributed by atoms with Crippen LogP contribution in [0.3, 0.4) is 0 Å². The van der Waals surface area contributed by atoms with E-state index in [4.69, 9.17) is 5.73 Å². The maximum atomic E-state index is 12.0. The molecule has 0 aromatic heterocycles. The van der Waals surface area contributed by atoms with Gasteiger partial charge in [0.25, 0.3) is 5.91 Å². The number of hydrogen-bond donors (Lipinski definition) is 3. The zero-order valence-electron chi connectivity index (χ0n) is 12.4. The number of hydrogen-bond acceptors (Lipinski definition) is 3. The van der Waals surface area contributed by atoms with Gasteiger partial charge in [0, 0.05) is 17.3 Å². The Morgan fingerprint density at radius 2 is 2.14 bits per heavy atom. The van der Waals surface area contributed by atoms with Crippen LogP contribution in [0.4, 0.5) is 5.69 Å². The lowest BCUT2D eigenvalue weighted by atomic mass is 10.1. The molecule has 0 heterocycles. The van der Waals surface area contributed by atoms with Crippen molar-refractivity contribution in [3.8, 4) is 0 Å². The molecule has 5 heteroatoms. The molecule has 0 radical (unpaired) electrons. The summed E-state index contributed by atoms with van der Waals surface area (Å²) in [6.45, 7) is 2.06. The monoisotopic (exact) mass is 289 g/mol. The normalized spacial score (nSPS) is 15.3. The van der Waals surface area contributed by atoms with Gasteiger partial charge in [0.15, 0.2) is 0 Å². The van der Waals surface area contributed by atoms with Crippen molar-refractivity contribution in [1.29, 1.82) is 0 Å². The van der Waals surface area contributed by atoms with Gasteiger partial charge in [0.2, 0.25) is 5.91 Å². The molecule has 1 aliphatic rings. The van der Waals surface area contributed by atoms with Crippen LogP contribution in [0.15, 0.2) is 24.3 Å². The van der Waals surface area contributed by atoms with E-state index in [1.165, 1.54) is 0 Å². The second kappa shape index (κ2) is 7.22. The zero-order chi connectivity index (χ0) is 15.2. The van der Waals surface area contributed by atoms with Gasteiger partial charge in [-0.05, 0) is 37.5 Å². The summed E-state index contributed by atoms with van der Waals surface area (Å²) in [5, 5.41) is 5.70. The van der Waals surface area contributed by atoms with Gasteiger partial charge in [-0.3, -0.25) is 9.59 Å². The van der Waals surface area contributed by atoms with E-state index in [-0.39, 0.29) is 11.8 Å². The predicted octanol–water partition coefficient (Wildman–Crippen LogP) is 2.03. The first kappa shape index (κ1) is 15.5. The number of rotatable bonds is 7. The highest BCUT2D eigenvalue weighted by atomic mass is 16.2. The van der Waals surface area contributed by atoms with Crippen molar-refractivity contribution in [2.45, 2.75) is 51.1 Å². The van der Waals surface area contributed by atoms with Gasteiger partial charge in [0.1, 0.15) is 0 Å². The van der Waals surface area contributed by atoms with E-state index in [0.717, 1.165) is 25.7 Å². The fourth-order valence-corrected chi connectivity index (χ4v) is 2.02. The standard InChI is InChI=1S/C16H23N3O2/c1-2-3-7-14(17)16(21)19-13-6-4-5-11(10-13)15(20)18-12-8-9-12/h4-6,10,12,14H,2-3,7-9,17H2,1H3,(H,18,20)(H,19,21). The van der Waals surface area contributed by atoms with Crippen LogP contribution in [0.5, 0.6) is 0 Å². The quantitative estimate of drug-likeness (QED) is 0.718. The molecule has 0 saturated heterocycles. The van der Waals surface area contributed by atoms with Gasteiger partial charge in [-0.25, -0.2) is 0 Å². The summed E-state index contributed by atoms with van der Waals surface area (Å²) in [4.78, 5) is 23.9. The average molecular weight is 289 g/mol. The summed E-state index contributed by atoms with van der Waals surface area (Å²) in [5.74, 6) is -0.299. The molecule has 1 aliphatic carbocycles. The van der Waals surface area contributed by atoms with Crippen LogP contribution in [0.25, 0.3) is 0 Å². The Morgan fingerprint density at radius 3 is 2.81 bits per heavy atom. The average Bonchev–Trinajstić information content (AvgIpc) is 3.28. The van der Waals surface area contributed by atoms with Gasteiger partial charge in [-0.1, -0.05) is 25.8 Å². The Balaban J connectivity index is 1.93. The number of nitrogens with two attached hydrogens (primary N) is 1. The van der Waals surface area contributed by atoms with Crippen molar-refractivity contribution < 1.29 is 9.59 Å². The second-order valence-corrected chi connectivity index (χ2v) is 5.57. The number of carbonyl (C=O) groups excluding carboxylic acids is 2. The highest BCUT2D eigenvalue weighted by molar-refractivity contribution is 5.98. The molecule has 114 valence electrons. The molecule has 1 atom stereocenters. The SMILES string of the molecule is CCCCC(N)C(=O)Nc1cccc(C(=O)NC2CC2)c1. The second-order valence-electron chi connectivity index (χ2n) is 5.57. The van der Waals surface area contributed by atoms with E-state index in [2.05, 4.69) is 17.6 Å². The molecular weight excluding hydrogens is 266 g/mol. The van der Waals surface area contributed by atoms with Gasteiger partial charge >= 0.3 is 0 Å². The van der Waals surface area contributed by atoms with Crippen LogP contribution in [0, 0.1) is 0 Å². The van der Waals surface area contributed by atoms with Gasteiger partial charge in [0.05, 0.1) is 6.04 Å². The minimum absolute atomic E-state index is 0.0936. The van der Waals surface area contributed by atoms with Crippen LogP contribution in [0.1, 0.15) is 49.4 Å². The third-order valence-corrected chi connectivity index (χ3v) is 3.51. The summed E-state index contributed by atoms with van der Waals surface area (Å²) in [6.07, 6.45) is 4.71. The van der Waals surface area contributed by atoms with Crippen molar-refractivity contribution in [2.24, 2.45) is 5.73 Å². The molecule has 1 aromatic carbocycles. The smallest absolute Gasteiger partial charge is 0.251 e. The minimum atomic E-state index is -0.506. The summed E-state index contributed by atoms with van der Waals surface area (Å²) < 4.78 is 0. The lowest BCUT2D eigenvalue weighted by Gasteiger charge is -2.12. The number of carbonyl (C=O) groups is 2. The Kier molecular flexibility index (Phi) is 5.33. The summed E-state index contributed by atoms with van der Waals surface area (Å²) >= 11 is 0. The van der Waals surface area contributed by atoms with Crippen LogP contribution in [-0.4, -0.2) is 23.9 Å². The number of nitrogens with one attached hydrogen (secondary N) is 2. The maximum absolute atomic E-state index is 12.0. The highest BCUT2D eigenvalue weighted by Crippen LogP contribution is 2.20. The molecule has 1 fully saturated rings. The Labute approximate surface area is 125 Å². The first-order valence-electron chi connectivity index (χ1n) is 7.57. The molecule has 0 bridgehead atoms. The van der Waals surface area contributed by atoms with Crippen molar-refractivity contribution in [3.63, 3.8) is 0 Å². The topological polar surface area (TPSA) is 84.2 Å². The van der Waals surface area contributed by atoms with E-state index in [1.54, 1.807) is 24.3 Å². The third kappa shape index (κ3) is 4.86. The Hall–Kier alpha value is -1.88. The van der Waals surface area contributed by atoms with Crippen molar-refractivity contribution in [1.82, 2.24) is 5.32 Å². The minimum Gasteiger partial charge on any atom is -0.349 e. The number of amides is 2. The Bertz CT molecular complexity index is 512. The first-order chi connectivity index (χ1) is 10.1. The van der Waals surface area contributed by atoms with Crippen LogP contribution in [-0.2, 0) is 4.79 Å². The van der Waals surface area contributed by atoms with E-state index >= 15 is 0 Å². The molecule has 1 aromatic rings. The summed E-state index contributed by atoms with van der Waals surface area (Å²) in [7, 11) is 0. The zero-order valence-corrected chi connectivity index (χ0v) is 12.4. The summed E-state index contributed by atoms with van der Waals surface area (Å²) in [6, 6.07) is 6.76. The van der Waals surface area contributed by atoms with Crippen molar-refractivity contribution in [3.05, 3.63) is 29.8 Å².